The van der Waals surface area contributed by atoms with E-state index >= 15 is 0 Å². The van der Waals surface area contributed by atoms with Gasteiger partial charge in [0.1, 0.15) is 0 Å². The number of carbonyl (C=O) groups excluding carboxylic acids is 1. The molecule has 2 aromatic rings. The van der Waals surface area contributed by atoms with Crippen molar-refractivity contribution >= 4 is 40.0 Å². The smallest absolute Gasteiger partial charge is 0.323 e. The molecule has 0 aliphatic rings. The summed E-state index contributed by atoms with van der Waals surface area (Å²) in [7, 11) is 4.58. The molecule has 2 N–H and O–H groups in total. The van der Waals surface area contributed by atoms with Crippen LogP contribution >= 0.6 is 22.6 Å². The molecular weight excluding hydrogens is 423 g/mol. The SMILES string of the molecule is COc1cc(NC(=O)Nc2ccc(I)cc2C)cc(OC)c1OC. The number of ether oxygens (including phenoxy) is 3. The Kier molecular flexibility index (Phi) is 6.13. The average Bonchev–Trinajstić information content (AvgIpc) is 2.56. The molecule has 0 fully saturated rings. The first kappa shape index (κ1) is 18.2. The summed E-state index contributed by atoms with van der Waals surface area (Å²) in [5.41, 5.74) is 2.27. The van der Waals surface area contributed by atoms with Crippen molar-refractivity contribution in [2.45, 2.75) is 6.92 Å². The first-order valence-electron chi connectivity index (χ1n) is 7.12. The third-order valence-electron chi connectivity index (χ3n) is 3.36. The first-order chi connectivity index (χ1) is 11.5. The van der Waals surface area contributed by atoms with Crippen molar-refractivity contribution in [3.05, 3.63) is 39.5 Å². The molecule has 128 valence electrons. The molecule has 0 aromatic heterocycles. The van der Waals surface area contributed by atoms with E-state index in [0.29, 0.717) is 22.9 Å². The lowest BCUT2D eigenvalue weighted by molar-refractivity contribution is 0.262. The van der Waals surface area contributed by atoms with Gasteiger partial charge >= 0.3 is 6.03 Å². The molecule has 0 heterocycles. The fourth-order valence-corrected chi connectivity index (χ4v) is 2.85. The lowest BCUT2D eigenvalue weighted by Gasteiger charge is -2.15. The molecule has 0 radical (unpaired) electrons. The Morgan fingerprint density at radius 1 is 0.958 bits per heavy atom. The molecule has 0 aliphatic heterocycles. The van der Waals surface area contributed by atoms with Crippen LogP contribution in [0, 0.1) is 10.5 Å². The topological polar surface area (TPSA) is 68.8 Å². The predicted octanol–water partition coefficient (Wildman–Crippen LogP) is 4.27. The summed E-state index contributed by atoms with van der Waals surface area (Å²) < 4.78 is 16.9. The van der Waals surface area contributed by atoms with Gasteiger partial charge in [0.2, 0.25) is 5.75 Å². The van der Waals surface area contributed by atoms with Crippen molar-refractivity contribution in [3.8, 4) is 17.2 Å². The molecule has 24 heavy (non-hydrogen) atoms. The second-order valence-corrected chi connectivity index (χ2v) is 6.20. The third kappa shape index (κ3) is 4.22. The summed E-state index contributed by atoms with van der Waals surface area (Å²) in [6, 6.07) is 8.78. The summed E-state index contributed by atoms with van der Waals surface area (Å²) in [6.07, 6.45) is 0. The zero-order valence-electron chi connectivity index (χ0n) is 13.9. The molecular formula is C17H19IN2O4. The van der Waals surface area contributed by atoms with Gasteiger partial charge in [-0.15, -0.1) is 0 Å². The Bertz CT molecular complexity index is 724. The molecule has 0 saturated heterocycles. The number of methoxy groups -OCH3 is 3. The van der Waals surface area contributed by atoms with Gasteiger partial charge in [0.05, 0.1) is 27.0 Å². The van der Waals surface area contributed by atoms with Gasteiger partial charge in [-0.05, 0) is 53.3 Å². The highest BCUT2D eigenvalue weighted by Gasteiger charge is 2.14. The summed E-state index contributed by atoms with van der Waals surface area (Å²) in [4.78, 5) is 12.2. The van der Waals surface area contributed by atoms with Crippen LogP contribution in [0.1, 0.15) is 5.56 Å². The van der Waals surface area contributed by atoms with E-state index in [9.17, 15) is 4.79 Å². The Balaban J connectivity index is 2.19. The second-order valence-electron chi connectivity index (χ2n) is 4.95. The minimum atomic E-state index is -0.353. The normalized spacial score (nSPS) is 10.0. The maximum absolute atomic E-state index is 12.2. The number of aryl methyl sites for hydroxylation is 1. The van der Waals surface area contributed by atoms with Crippen LogP contribution in [-0.2, 0) is 0 Å². The fraction of sp³-hybridized carbons (Fsp3) is 0.235. The van der Waals surface area contributed by atoms with Gasteiger partial charge in [-0.3, -0.25) is 0 Å². The molecule has 0 spiro atoms. The lowest BCUT2D eigenvalue weighted by atomic mass is 10.2. The summed E-state index contributed by atoms with van der Waals surface area (Å²) in [5.74, 6) is 1.41. The van der Waals surface area contributed by atoms with Crippen LogP contribution in [-0.4, -0.2) is 27.4 Å². The number of anilines is 2. The van der Waals surface area contributed by atoms with Crippen molar-refractivity contribution in [1.29, 1.82) is 0 Å². The van der Waals surface area contributed by atoms with E-state index in [4.69, 9.17) is 14.2 Å². The van der Waals surface area contributed by atoms with Gasteiger partial charge in [0.25, 0.3) is 0 Å². The zero-order valence-corrected chi connectivity index (χ0v) is 16.1. The molecule has 0 aliphatic carbocycles. The first-order valence-corrected chi connectivity index (χ1v) is 8.20. The number of hydrogen-bond acceptors (Lipinski definition) is 4. The highest BCUT2D eigenvalue weighted by atomic mass is 127. The number of carbonyl (C=O) groups is 1. The van der Waals surface area contributed by atoms with E-state index < -0.39 is 0 Å². The van der Waals surface area contributed by atoms with Crippen molar-refractivity contribution < 1.29 is 19.0 Å². The van der Waals surface area contributed by atoms with Crippen molar-refractivity contribution in [2.24, 2.45) is 0 Å². The minimum absolute atomic E-state index is 0.353. The second kappa shape index (κ2) is 8.09. The Morgan fingerprint density at radius 3 is 2.08 bits per heavy atom. The van der Waals surface area contributed by atoms with E-state index in [1.54, 1.807) is 12.1 Å². The summed E-state index contributed by atoms with van der Waals surface area (Å²) in [5, 5.41) is 5.59. The highest BCUT2D eigenvalue weighted by Crippen LogP contribution is 2.39. The number of halogens is 1. The van der Waals surface area contributed by atoms with Gasteiger partial charge in [-0.2, -0.15) is 0 Å². The van der Waals surface area contributed by atoms with Crippen LogP contribution in [0.2, 0.25) is 0 Å². The molecule has 0 bridgehead atoms. The number of urea groups is 1. The highest BCUT2D eigenvalue weighted by molar-refractivity contribution is 14.1. The molecule has 7 heteroatoms. The quantitative estimate of drug-likeness (QED) is 0.679. The summed E-state index contributed by atoms with van der Waals surface area (Å²) >= 11 is 2.23. The van der Waals surface area contributed by atoms with Gasteiger partial charge in [0, 0.05) is 21.4 Å². The Labute approximate surface area is 154 Å². The van der Waals surface area contributed by atoms with Crippen LogP contribution < -0.4 is 24.8 Å². The van der Waals surface area contributed by atoms with Crippen LogP contribution in [0.4, 0.5) is 16.2 Å². The monoisotopic (exact) mass is 442 g/mol. The van der Waals surface area contributed by atoms with Gasteiger partial charge in [-0.25, -0.2) is 4.79 Å². The van der Waals surface area contributed by atoms with E-state index in [1.807, 2.05) is 25.1 Å². The molecule has 0 atom stereocenters. The molecule has 6 nitrogen and oxygen atoms in total. The Hall–Kier alpha value is -2.16. The van der Waals surface area contributed by atoms with Crippen molar-refractivity contribution in [2.75, 3.05) is 32.0 Å². The fourth-order valence-electron chi connectivity index (χ4n) is 2.21. The van der Waals surface area contributed by atoms with Gasteiger partial charge < -0.3 is 24.8 Å². The molecule has 0 saturated carbocycles. The predicted molar refractivity (Wildman–Crippen MR) is 103 cm³/mol. The molecule has 2 rings (SSSR count). The zero-order chi connectivity index (χ0) is 17.7. The number of benzene rings is 2. The maximum atomic E-state index is 12.2. The van der Waals surface area contributed by atoms with Crippen molar-refractivity contribution in [1.82, 2.24) is 0 Å². The maximum Gasteiger partial charge on any atom is 0.323 e. The molecule has 2 aromatic carbocycles. The molecule has 2 amide bonds. The summed E-state index contributed by atoms with van der Waals surface area (Å²) in [6.45, 7) is 1.94. The van der Waals surface area contributed by atoms with E-state index in [-0.39, 0.29) is 6.03 Å². The van der Waals surface area contributed by atoms with Crippen LogP contribution in [0.3, 0.4) is 0 Å². The standard InChI is InChI=1S/C17H19IN2O4/c1-10-7-11(18)5-6-13(10)20-17(21)19-12-8-14(22-2)16(24-4)15(9-12)23-3/h5-9H,1-4H3,(H2,19,20,21). The van der Waals surface area contributed by atoms with Gasteiger partial charge in [0.15, 0.2) is 11.5 Å². The largest absolute Gasteiger partial charge is 0.493 e. The number of nitrogens with one attached hydrogen (secondary N) is 2. The van der Waals surface area contributed by atoms with E-state index in [0.717, 1.165) is 14.8 Å². The average molecular weight is 442 g/mol. The number of rotatable bonds is 5. The molecule has 0 unspecified atom stereocenters. The minimum Gasteiger partial charge on any atom is -0.493 e. The van der Waals surface area contributed by atoms with E-state index in [2.05, 4.69) is 33.2 Å². The van der Waals surface area contributed by atoms with Crippen LogP contribution in [0.5, 0.6) is 17.2 Å². The number of amides is 2. The Morgan fingerprint density at radius 2 is 1.58 bits per heavy atom. The van der Waals surface area contributed by atoms with Crippen molar-refractivity contribution in [3.63, 3.8) is 0 Å². The van der Waals surface area contributed by atoms with Crippen LogP contribution in [0.25, 0.3) is 0 Å². The van der Waals surface area contributed by atoms with E-state index in [1.165, 1.54) is 21.3 Å². The van der Waals surface area contributed by atoms with Gasteiger partial charge in [-0.1, -0.05) is 0 Å². The van der Waals surface area contributed by atoms with Crippen LogP contribution in [0.15, 0.2) is 30.3 Å². The number of hydrogen-bond donors (Lipinski definition) is 2. The lowest BCUT2D eigenvalue weighted by Crippen LogP contribution is -2.20. The third-order valence-corrected chi connectivity index (χ3v) is 4.03.